The average Bonchev–Trinajstić information content (AvgIpc) is 2.48. The molecular weight excluding hydrogens is 436 g/mol. The van der Waals surface area contributed by atoms with Crippen LogP contribution in [0.1, 0.15) is 22.8 Å². The van der Waals surface area contributed by atoms with Crippen molar-refractivity contribution >= 4 is 57.4 Å². The quantitative estimate of drug-likeness (QED) is 0.632. The van der Waals surface area contributed by atoms with E-state index in [-0.39, 0.29) is 5.91 Å². The van der Waals surface area contributed by atoms with E-state index in [0.29, 0.717) is 21.4 Å². The molecule has 2 rings (SSSR count). The molecule has 0 unspecified atom stereocenters. The molecule has 0 aliphatic rings. The van der Waals surface area contributed by atoms with Gasteiger partial charge >= 0.3 is 0 Å². The molecule has 0 saturated heterocycles. The molecular formula is C16H14Cl2INO2. The summed E-state index contributed by atoms with van der Waals surface area (Å²) in [5.74, 6) is 0.00397. The summed E-state index contributed by atoms with van der Waals surface area (Å²) in [4.78, 5) is 12.5. The number of carbonyl (C=O) groups is 1. The Bertz CT molecular complexity index is 720. The summed E-state index contributed by atoms with van der Waals surface area (Å²) in [6, 6.07) is 8.95. The molecule has 0 spiro atoms. The number of amides is 1. The van der Waals surface area contributed by atoms with Gasteiger partial charge in [0.25, 0.3) is 5.91 Å². The summed E-state index contributed by atoms with van der Waals surface area (Å²) in [6.07, 6.45) is 0.819. The molecule has 2 aromatic carbocycles. The first kappa shape index (κ1) is 17.4. The predicted molar refractivity (Wildman–Crippen MR) is 99.5 cm³/mol. The molecule has 0 fully saturated rings. The summed E-state index contributed by atoms with van der Waals surface area (Å²) >= 11 is 14.3. The molecule has 0 saturated carbocycles. The molecule has 1 N–H and O–H groups in total. The minimum atomic E-state index is -0.308. The van der Waals surface area contributed by atoms with Gasteiger partial charge in [0.2, 0.25) is 0 Å². The second-order valence-corrected chi connectivity index (χ2v) is 6.67. The van der Waals surface area contributed by atoms with Crippen molar-refractivity contribution in [1.82, 2.24) is 0 Å². The zero-order chi connectivity index (χ0) is 16.3. The Morgan fingerprint density at radius 3 is 2.64 bits per heavy atom. The lowest BCUT2D eigenvalue weighted by atomic mass is 10.1. The highest BCUT2D eigenvalue weighted by molar-refractivity contribution is 14.1. The maximum atomic E-state index is 12.5. The number of carbonyl (C=O) groups excluding carboxylic acids is 1. The van der Waals surface area contributed by atoms with Crippen LogP contribution in [0.5, 0.6) is 5.75 Å². The third-order valence-electron chi connectivity index (χ3n) is 3.15. The van der Waals surface area contributed by atoms with Crippen molar-refractivity contribution < 1.29 is 9.53 Å². The van der Waals surface area contributed by atoms with Crippen LogP contribution >= 0.6 is 45.8 Å². The van der Waals surface area contributed by atoms with E-state index in [1.807, 2.05) is 25.1 Å². The Morgan fingerprint density at radius 2 is 2.00 bits per heavy atom. The lowest BCUT2D eigenvalue weighted by Crippen LogP contribution is -2.14. The van der Waals surface area contributed by atoms with Crippen molar-refractivity contribution in [2.75, 3.05) is 12.4 Å². The Kier molecular flexibility index (Phi) is 5.94. The van der Waals surface area contributed by atoms with E-state index in [1.54, 1.807) is 12.1 Å². The number of nitrogens with one attached hydrogen (secondary N) is 1. The van der Waals surface area contributed by atoms with Gasteiger partial charge in [-0.3, -0.25) is 4.79 Å². The molecule has 1 amide bonds. The number of methoxy groups -OCH3 is 1. The van der Waals surface area contributed by atoms with Crippen LogP contribution in [0.25, 0.3) is 0 Å². The van der Waals surface area contributed by atoms with E-state index < -0.39 is 0 Å². The van der Waals surface area contributed by atoms with Crippen LogP contribution in [-0.4, -0.2) is 13.0 Å². The van der Waals surface area contributed by atoms with Crippen molar-refractivity contribution in [3.63, 3.8) is 0 Å². The highest BCUT2D eigenvalue weighted by Gasteiger charge is 2.17. The van der Waals surface area contributed by atoms with Gasteiger partial charge in [0.1, 0.15) is 5.75 Å². The van der Waals surface area contributed by atoms with Crippen molar-refractivity contribution in [3.05, 3.63) is 55.1 Å². The largest absolute Gasteiger partial charge is 0.494 e. The van der Waals surface area contributed by atoms with Gasteiger partial charge < -0.3 is 10.1 Å². The monoisotopic (exact) mass is 449 g/mol. The maximum Gasteiger partial charge on any atom is 0.259 e. The number of benzene rings is 2. The number of rotatable bonds is 4. The fourth-order valence-corrected chi connectivity index (χ4v) is 3.23. The summed E-state index contributed by atoms with van der Waals surface area (Å²) in [7, 11) is 1.47. The summed E-state index contributed by atoms with van der Waals surface area (Å²) in [5, 5.41) is 3.58. The number of halogens is 3. The number of hydrogen-bond acceptors (Lipinski definition) is 2. The molecule has 0 aliphatic heterocycles. The molecule has 0 bridgehead atoms. The van der Waals surface area contributed by atoms with Crippen LogP contribution < -0.4 is 10.1 Å². The minimum Gasteiger partial charge on any atom is -0.494 e. The summed E-state index contributed by atoms with van der Waals surface area (Å²) in [5.41, 5.74) is 2.14. The zero-order valence-corrected chi connectivity index (χ0v) is 15.7. The number of ether oxygens (including phenoxy) is 1. The zero-order valence-electron chi connectivity index (χ0n) is 12.0. The third-order valence-corrected chi connectivity index (χ3v) is 4.32. The molecule has 0 heterocycles. The maximum absolute atomic E-state index is 12.5. The molecule has 0 atom stereocenters. The van der Waals surface area contributed by atoms with Gasteiger partial charge in [-0.15, -0.1) is 0 Å². The predicted octanol–water partition coefficient (Wildman–Crippen LogP) is 5.42. The van der Waals surface area contributed by atoms with Gasteiger partial charge in [-0.1, -0.05) is 30.1 Å². The highest BCUT2D eigenvalue weighted by Crippen LogP contribution is 2.33. The van der Waals surface area contributed by atoms with Crippen molar-refractivity contribution in [1.29, 1.82) is 0 Å². The van der Waals surface area contributed by atoms with E-state index >= 15 is 0 Å². The molecule has 22 heavy (non-hydrogen) atoms. The molecule has 6 heteroatoms. The first-order valence-electron chi connectivity index (χ1n) is 6.59. The van der Waals surface area contributed by atoms with Crippen LogP contribution in [0.2, 0.25) is 10.0 Å². The molecule has 0 aromatic heterocycles. The second kappa shape index (κ2) is 7.53. The number of hydrogen-bond donors (Lipinski definition) is 1. The van der Waals surface area contributed by atoms with Gasteiger partial charge in [0.05, 0.1) is 17.7 Å². The fraction of sp³-hybridized carbons (Fsp3) is 0.188. The summed E-state index contributed by atoms with van der Waals surface area (Å²) in [6.45, 7) is 2.04. The van der Waals surface area contributed by atoms with Crippen LogP contribution in [0.4, 0.5) is 5.69 Å². The Balaban J connectivity index is 2.38. The minimum absolute atomic E-state index is 0.304. The van der Waals surface area contributed by atoms with Crippen LogP contribution in [-0.2, 0) is 6.42 Å². The third kappa shape index (κ3) is 3.86. The second-order valence-electron chi connectivity index (χ2n) is 4.58. The number of aryl methyl sites for hydroxylation is 1. The van der Waals surface area contributed by atoms with E-state index in [2.05, 4.69) is 27.9 Å². The molecule has 2 aromatic rings. The standard InChI is InChI=1S/C16H14Cl2INO2/c1-3-9-6-11(19)4-5-14(9)20-16(21)12-7-10(17)8-13(18)15(12)22-2/h4-8H,3H2,1-2H3,(H,20,21). The van der Waals surface area contributed by atoms with Crippen molar-refractivity contribution in [3.8, 4) is 5.75 Å². The Labute approximate surface area is 153 Å². The van der Waals surface area contributed by atoms with Crippen LogP contribution in [0, 0.1) is 3.57 Å². The van der Waals surface area contributed by atoms with E-state index in [1.165, 1.54) is 7.11 Å². The first-order chi connectivity index (χ1) is 10.5. The molecule has 0 aliphatic carbocycles. The lowest BCUT2D eigenvalue weighted by Gasteiger charge is -2.13. The van der Waals surface area contributed by atoms with Crippen molar-refractivity contribution in [2.24, 2.45) is 0 Å². The van der Waals surface area contributed by atoms with E-state index in [4.69, 9.17) is 27.9 Å². The van der Waals surface area contributed by atoms with E-state index in [0.717, 1.165) is 21.2 Å². The van der Waals surface area contributed by atoms with Gasteiger partial charge in [-0.2, -0.15) is 0 Å². The Hall–Kier alpha value is -0.980. The topological polar surface area (TPSA) is 38.3 Å². The Morgan fingerprint density at radius 1 is 1.27 bits per heavy atom. The average molecular weight is 450 g/mol. The van der Waals surface area contributed by atoms with Gasteiger partial charge in [-0.25, -0.2) is 0 Å². The van der Waals surface area contributed by atoms with Gasteiger partial charge in [0, 0.05) is 14.3 Å². The molecule has 3 nitrogen and oxygen atoms in total. The number of anilines is 1. The smallest absolute Gasteiger partial charge is 0.259 e. The lowest BCUT2D eigenvalue weighted by molar-refractivity contribution is 0.102. The van der Waals surface area contributed by atoms with Gasteiger partial charge in [-0.05, 0) is 64.9 Å². The fourth-order valence-electron chi connectivity index (χ4n) is 2.10. The van der Waals surface area contributed by atoms with E-state index in [9.17, 15) is 4.79 Å². The SMILES string of the molecule is CCc1cc(I)ccc1NC(=O)c1cc(Cl)cc(Cl)c1OC. The van der Waals surface area contributed by atoms with Crippen LogP contribution in [0.15, 0.2) is 30.3 Å². The normalized spacial score (nSPS) is 10.4. The molecule has 0 radical (unpaired) electrons. The molecule has 116 valence electrons. The summed E-state index contributed by atoms with van der Waals surface area (Å²) < 4.78 is 6.33. The first-order valence-corrected chi connectivity index (χ1v) is 8.42. The highest BCUT2D eigenvalue weighted by atomic mass is 127. The van der Waals surface area contributed by atoms with Crippen molar-refractivity contribution in [2.45, 2.75) is 13.3 Å². The van der Waals surface area contributed by atoms with Gasteiger partial charge in [0.15, 0.2) is 0 Å². The van der Waals surface area contributed by atoms with Crippen LogP contribution in [0.3, 0.4) is 0 Å².